The molecule has 0 bridgehead atoms. The number of rotatable bonds is 7. The molecule has 0 fully saturated rings. The van der Waals surface area contributed by atoms with Gasteiger partial charge in [-0.2, -0.15) is 13.2 Å². The normalized spacial score (nSPS) is 11.9. The molecule has 0 aliphatic carbocycles. The van der Waals surface area contributed by atoms with Gasteiger partial charge in [0.25, 0.3) is 5.91 Å². The first-order chi connectivity index (χ1) is 14.6. The number of hydrogen-bond acceptors (Lipinski definition) is 2. The SMILES string of the molecule is CCNC(=NCCc1cccc(C(=O)N(C)C)c1)N(C)Cc1ccc(C(F)(F)F)cc1. The molecule has 0 radical (unpaired) electrons. The number of halogens is 3. The Labute approximate surface area is 181 Å². The van der Waals surface area contributed by atoms with Crippen molar-refractivity contribution in [1.29, 1.82) is 0 Å². The third kappa shape index (κ3) is 7.31. The maximum Gasteiger partial charge on any atom is 0.416 e. The molecular weight excluding hydrogens is 405 g/mol. The van der Waals surface area contributed by atoms with Crippen molar-refractivity contribution in [1.82, 2.24) is 15.1 Å². The number of hydrogen-bond donors (Lipinski definition) is 1. The van der Waals surface area contributed by atoms with Crippen LogP contribution in [0, 0.1) is 0 Å². The molecule has 0 saturated heterocycles. The maximum absolute atomic E-state index is 12.7. The van der Waals surface area contributed by atoms with Crippen LogP contribution in [-0.2, 0) is 19.1 Å². The quantitative estimate of drug-likeness (QED) is 0.528. The van der Waals surface area contributed by atoms with Gasteiger partial charge in [-0.15, -0.1) is 0 Å². The van der Waals surface area contributed by atoms with Gasteiger partial charge in [0.05, 0.1) is 5.56 Å². The lowest BCUT2D eigenvalue weighted by molar-refractivity contribution is -0.137. The first kappa shape index (κ1) is 24.2. The van der Waals surface area contributed by atoms with Gasteiger partial charge in [-0.25, -0.2) is 0 Å². The van der Waals surface area contributed by atoms with Crippen molar-refractivity contribution in [3.8, 4) is 0 Å². The summed E-state index contributed by atoms with van der Waals surface area (Å²) in [6, 6.07) is 12.6. The maximum atomic E-state index is 12.7. The fourth-order valence-corrected chi connectivity index (χ4v) is 3.03. The van der Waals surface area contributed by atoms with Gasteiger partial charge in [0.2, 0.25) is 0 Å². The molecule has 31 heavy (non-hydrogen) atoms. The number of benzene rings is 2. The molecule has 8 heteroatoms. The van der Waals surface area contributed by atoms with Crippen molar-refractivity contribution in [3.05, 3.63) is 70.8 Å². The Morgan fingerprint density at radius 1 is 1.03 bits per heavy atom. The molecule has 5 nitrogen and oxygen atoms in total. The zero-order valence-electron chi connectivity index (χ0n) is 18.3. The second-order valence-corrected chi connectivity index (χ2v) is 7.44. The number of carbonyl (C=O) groups excluding carboxylic acids is 1. The predicted molar refractivity (Wildman–Crippen MR) is 117 cm³/mol. The lowest BCUT2D eigenvalue weighted by Gasteiger charge is -2.22. The van der Waals surface area contributed by atoms with Gasteiger partial charge in [0.15, 0.2) is 5.96 Å². The first-order valence-electron chi connectivity index (χ1n) is 10.1. The van der Waals surface area contributed by atoms with Crippen LogP contribution in [0.2, 0.25) is 0 Å². The van der Waals surface area contributed by atoms with E-state index < -0.39 is 11.7 Å². The highest BCUT2D eigenvalue weighted by Gasteiger charge is 2.29. The molecule has 168 valence electrons. The number of carbonyl (C=O) groups is 1. The summed E-state index contributed by atoms with van der Waals surface area (Å²) in [5.41, 5.74) is 1.75. The van der Waals surface area contributed by atoms with Crippen molar-refractivity contribution < 1.29 is 18.0 Å². The van der Waals surface area contributed by atoms with Gasteiger partial charge in [-0.1, -0.05) is 24.3 Å². The van der Waals surface area contributed by atoms with Crippen LogP contribution < -0.4 is 5.32 Å². The zero-order valence-corrected chi connectivity index (χ0v) is 18.3. The minimum absolute atomic E-state index is 0.0463. The summed E-state index contributed by atoms with van der Waals surface area (Å²) >= 11 is 0. The summed E-state index contributed by atoms with van der Waals surface area (Å²) in [6.45, 7) is 3.57. The van der Waals surface area contributed by atoms with Gasteiger partial charge in [-0.05, 0) is 48.7 Å². The van der Waals surface area contributed by atoms with Crippen LogP contribution in [-0.4, -0.2) is 55.9 Å². The van der Waals surface area contributed by atoms with Crippen LogP contribution in [0.15, 0.2) is 53.5 Å². The molecule has 1 N–H and O–H groups in total. The molecule has 0 aromatic heterocycles. The zero-order chi connectivity index (χ0) is 23.0. The largest absolute Gasteiger partial charge is 0.416 e. The minimum Gasteiger partial charge on any atom is -0.357 e. The van der Waals surface area contributed by atoms with Crippen molar-refractivity contribution >= 4 is 11.9 Å². The number of aliphatic imine (C=N–C) groups is 1. The van der Waals surface area contributed by atoms with E-state index in [1.54, 1.807) is 20.2 Å². The Morgan fingerprint density at radius 3 is 2.29 bits per heavy atom. The van der Waals surface area contributed by atoms with E-state index in [-0.39, 0.29) is 5.91 Å². The molecule has 2 aromatic rings. The van der Waals surface area contributed by atoms with E-state index in [9.17, 15) is 18.0 Å². The molecule has 0 aliphatic heterocycles. The second kappa shape index (κ2) is 10.8. The average molecular weight is 435 g/mol. The standard InChI is InChI=1S/C23H29F3N4O/c1-5-27-22(30(4)16-18-9-11-20(12-10-18)23(24,25)26)28-14-13-17-7-6-8-19(15-17)21(31)29(2)3/h6-12,15H,5,13-14,16H2,1-4H3,(H,27,28). The molecule has 2 rings (SSSR count). The van der Waals surface area contributed by atoms with E-state index in [1.165, 1.54) is 17.0 Å². The summed E-state index contributed by atoms with van der Waals surface area (Å²) in [5, 5.41) is 3.20. The van der Waals surface area contributed by atoms with Gasteiger partial charge in [-0.3, -0.25) is 9.79 Å². The second-order valence-electron chi connectivity index (χ2n) is 7.44. The molecule has 2 aromatic carbocycles. The van der Waals surface area contributed by atoms with E-state index in [0.717, 1.165) is 23.3 Å². The van der Waals surface area contributed by atoms with E-state index in [4.69, 9.17) is 0 Å². The number of nitrogens with one attached hydrogen (secondary N) is 1. The van der Waals surface area contributed by atoms with Crippen molar-refractivity contribution in [3.63, 3.8) is 0 Å². The Hall–Kier alpha value is -3.03. The van der Waals surface area contributed by atoms with Crippen LogP contribution in [0.5, 0.6) is 0 Å². The fraction of sp³-hybridized carbons (Fsp3) is 0.391. The van der Waals surface area contributed by atoms with Crippen LogP contribution in [0.25, 0.3) is 0 Å². The summed E-state index contributed by atoms with van der Waals surface area (Å²) < 4.78 is 38.2. The van der Waals surface area contributed by atoms with Gasteiger partial charge < -0.3 is 15.1 Å². The Balaban J connectivity index is 2.02. The Bertz CT molecular complexity index is 892. The van der Waals surface area contributed by atoms with Crippen molar-refractivity contribution in [2.24, 2.45) is 4.99 Å². The summed E-state index contributed by atoms with van der Waals surface area (Å²) in [4.78, 5) is 20.2. The molecule has 0 spiro atoms. The minimum atomic E-state index is -4.34. The molecule has 1 amide bonds. The topological polar surface area (TPSA) is 47.9 Å². The van der Waals surface area contributed by atoms with Crippen LogP contribution in [0.4, 0.5) is 13.2 Å². The van der Waals surface area contributed by atoms with Gasteiger partial charge in [0.1, 0.15) is 0 Å². The lowest BCUT2D eigenvalue weighted by Crippen LogP contribution is -2.38. The molecule has 0 heterocycles. The van der Waals surface area contributed by atoms with Gasteiger partial charge >= 0.3 is 6.18 Å². The number of alkyl halides is 3. The van der Waals surface area contributed by atoms with E-state index in [2.05, 4.69) is 10.3 Å². The van der Waals surface area contributed by atoms with Crippen LogP contribution in [0.3, 0.4) is 0 Å². The molecule has 0 unspecified atom stereocenters. The number of guanidine groups is 1. The van der Waals surface area contributed by atoms with Crippen molar-refractivity contribution in [2.45, 2.75) is 26.1 Å². The van der Waals surface area contributed by atoms with Crippen LogP contribution in [0.1, 0.15) is 34.0 Å². The lowest BCUT2D eigenvalue weighted by atomic mass is 10.1. The summed E-state index contributed by atoms with van der Waals surface area (Å²) in [7, 11) is 5.28. The highest BCUT2D eigenvalue weighted by molar-refractivity contribution is 5.94. The third-order valence-electron chi connectivity index (χ3n) is 4.64. The summed E-state index contributed by atoms with van der Waals surface area (Å²) in [5.74, 6) is 0.623. The number of amides is 1. The fourth-order valence-electron chi connectivity index (χ4n) is 3.03. The highest BCUT2D eigenvalue weighted by atomic mass is 19.4. The third-order valence-corrected chi connectivity index (χ3v) is 4.64. The molecule has 0 atom stereocenters. The molecular formula is C23H29F3N4O. The predicted octanol–water partition coefficient (Wildman–Crippen LogP) is 4.05. The average Bonchev–Trinajstić information content (AvgIpc) is 2.72. The molecule has 0 aliphatic rings. The van der Waals surface area contributed by atoms with E-state index >= 15 is 0 Å². The monoisotopic (exact) mass is 434 g/mol. The van der Waals surface area contributed by atoms with E-state index in [1.807, 2.05) is 37.1 Å². The Kier molecular flexibility index (Phi) is 8.47. The smallest absolute Gasteiger partial charge is 0.357 e. The highest BCUT2D eigenvalue weighted by Crippen LogP contribution is 2.29. The van der Waals surface area contributed by atoms with Crippen LogP contribution >= 0.6 is 0 Å². The van der Waals surface area contributed by atoms with Crippen molar-refractivity contribution in [2.75, 3.05) is 34.2 Å². The number of nitrogens with zero attached hydrogens (tertiary/aromatic N) is 3. The summed E-state index contributed by atoms with van der Waals surface area (Å²) in [6.07, 6.45) is -3.67. The Morgan fingerprint density at radius 2 is 1.71 bits per heavy atom. The van der Waals surface area contributed by atoms with E-state index in [0.29, 0.717) is 37.6 Å². The molecule has 0 saturated carbocycles. The van der Waals surface area contributed by atoms with Gasteiger partial charge in [0, 0.05) is 46.3 Å². The first-order valence-corrected chi connectivity index (χ1v) is 10.1.